The molecule has 0 atom stereocenters. The molecule has 1 aliphatic rings. The molecule has 1 aliphatic heterocycles. The van der Waals surface area contributed by atoms with Gasteiger partial charge in [0.05, 0.1) is 16.8 Å². The largest absolute Gasteiger partial charge is 0.516 e. The quantitative estimate of drug-likeness (QED) is 0.778. The van der Waals surface area contributed by atoms with Gasteiger partial charge in [0.1, 0.15) is 0 Å². The first kappa shape index (κ1) is 13.3. The highest BCUT2D eigenvalue weighted by Crippen LogP contribution is 2.36. The fourth-order valence-corrected chi connectivity index (χ4v) is 2.04. The third kappa shape index (κ3) is 2.15. The molecule has 2 aromatic rings. The van der Waals surface area contributed by atoms with Gasteiger partial charge in [0.2, 0.25) is 0 Å². The Morgan fingerprint density at radius 3 is 2.35 bits per heavy atom. The average Bonchev–Trinajstić information content (AvgIpc) is 2.94. The summed E-state index contributed by atoms with van der Waals surface area (Å²) in [5, 5.41) is 4.50. The molecule has 3 heterocycles. The van der Waals surface area contributed by atoms with E-state index in [1.54, 1.807) is 10.9 Å². The van der Waals surface area contributed by atoms with Crippen molar-refractivity contribution in [1.29, 1.82) is 0 Å². The van der Waals surface area contributed by atoms with Crippen LogP contribution in [-0.4, -0.2) is 33.1 Å². The van der Waals surface area contributed by atoms with Crippen LogP contribution in [0.15, 0.2) is 36.7 Å². The lowest BCUT2D eigenvalue weighted by atomic mass is 9.85. The lowest BCUT2D eigenvalue weighted by Gasteiger charge is -2.32. The molecule has 5 nitrogen and oxygen atoms in total. The second-order valence-corrected chi connectivity index (χ2v) is 5.96. The predicted octanol–water partition coefficient (Wildman–Crippen LogP) is 1.57. The lowest BCUT2D eigenvalue weighted by molar-refractivity contribution is 0.00578. The molecule has 6 heteroatoms. The molecule has 0 N–H and O–H groups in total. The zero-order valence-electron chi connectivity index (χ0n) is 12.2. The summed E-state index contributed by atoms with van der Waals surface area (Å²) in [6, 6.07) is 7.61. The predicted molar refractivity (Wildman–Crippen MR) is 77.1 cm³/mol. The van der Waals surface area contributed by atoms with Gasteiger partial charge in [-0.2, -0.15) is 5.10 Å². The van der Waals surface area contributed by atoms with Crippen LogP contribution in [0.2, 0.25) is 0 Å². The molecule has 1 fully saturated rings. The monoisotopic (exact) mass is 271 g/mol. The number of hydrogen-bond donors (Lipinski definition) is 0. The van der Waals surface area contributed by atoms with Gasteiger partial charge in [-0.1, -0.05) is 6.07 Å². The Hall–Kier alpha value is -1.66. The Labute approximate surface area is 119 Å². The van der Waals surface area contributed by atoms with E-state index in [0.29, 0.717) is 0 Å². The molecule has 0 bridgehead atoms. The summed E-state index contributed by atoms with van der Waals surface area (Å²) in [4.78, 5) is 4.26. The van der Waals surface area contributed by atoms with Gasteiger partial charge in [0.15, 0.2) is 5.82 Å². The van der Waals surface area contributed by atoms with Crippen molar-refractivity contribution in [2.24, 2.45) is 0 Å². The van der Waals surface area contributed by atoms with Crippen LogP contribution in [0.3, 0.4) is 0 Å². The van der Waals surface area contributed by atoms with Crippen LogP contribution in [-0.2, 0) is 9.31 Å². The highest BCUT2D eigenvalue weighted by molar-refractivity contribution is 6.61. The molecule has 1 saturated heterocycles. The maximum Gasteiger partial charge on any atom is 0.516 e. The molecule has 0 radical (unpaired) electrons. The van der Waals surface area contributed by atoms with Gasteiger partial charge in [-0.3, -0.25) is 0 Å². The standard InChI is InChI=1S/C14H18BN3O2/c1-13(2)14(3,4)20-15(19-13)11-8-10-18(17-11)12-7-5-6-9-16-12/h5-10H,1-4H3. The number of pyridine rings is 1. The first-order valence-electron chi connectivity index (χ1n) is 6.72. The topological polar surface area (TPSA) is 49.2 Å². The van der Waals surface area contributed by atoms with Gasteiger partial charge >= 0.3 is 7.12 Å². The van der Waals surface area contributed by atoms with E-state index in [1.165, 1.54) is 0 Å². The van der Waals surface area contributed by atoms with Gasteiger partial charge in [0.25, 0.3) is 0 Å². The minimum Gasteiger partial charge on any atom is -0.398 e. The first-order valence-corrected chi connectivity index (χ1v) is 6.72. The van der Waals surface area contributed by atoms with Crippen LogP contribution in [0.25, 0.3) is 5.82 Å². The molecule has 104 valence electrons. The Morgan fingerprint density at radius 2 is 1.75 bits per heavy atom. The fourth-order valence-electron chi connectivity index (χ4n) is 2.04. The highest BCUT2D eigenvalue weighted by Gasteiger charge is 2.52. The van der Waals surface area contributed by atoms with E-state index in [9.17, 15) is 0 Å². The molecule has 0 spiro atoms. The van der Waals surface area contributed by atoms with Gasteiger partial charge in [0, 0.05) is 12.4 Å². The SMILES string of the molecule is CC1(C)OB(c2ccn(-c3ccccn3)n2)OC1(C)C. The smallest absolute Gasteiger partial charge is 0.398 e. The molecule has 0 aromatic carbocycles. The van der Waals surface area contributed by atoms with Gasteiger partial charge < -0.3 is 9.31 Å². The third-order valence-corrected chi connectivity index (χ3v) is 3.99. The average molecular weight is 271 g/mol. The Kier molecular flexibility index (Phi) is 2.95. The normalized spacial score (nSPS) is 20.3. The first-order chi connectivity index (χ1) is 9.39. The molecular formula is C14H18BN3O2. The molecule has 2 aromatic heterocycles. The second-order valence-electron chi connectivity index (χ2n) is 5.96. The maximum atomic E-state index is 5.98. The summed E-state index contributed by atoms with van der Waals surface area (Å²) in [6.45, 7) is 8.12. The summed E-state index contributed by atoms with van der Waals surface area (Å²) < 4.78 is 13.7. The van der Waals surface area contributed by atoms with Crippen molar-refractivity contribution in [3.8, 4) is 5.82 Å². The van der Waals surface area contributed by atoms with E-state index in [2.05, 4.69) is 10.1 Å². The van der Waals surface area contributed by atoms with Crippen LogP contribution < -0.4 is 5.59 Å². The van der Waals surface area contributed by atoms with Crippen LogP contribution >= 0.6 is 0 Å². The van der Waals surface area contributed by atoms with Crippen LogP contribution in [0.5, 0.6) is 0 Å². The van der Waals surface area contributed by atoms with E-state index in [4.69, 9.17) is 9.31 Å². The summed E-state index contributed by atoms with van der Waals surface area (Å²) >= 11 is 0. The van der Waals surface area contributed by atoms with Crippen molar-refractivity contribution in [2.45, 2.75) is 38.9 Å². The molecule has 0 aliphatic carbocycles. The molecule has 3 rings (SSSR count). The number of aromatic nitrogens is 3. The Balaban J connectivity index is 1.86. The van der Waals surface area contributed by atoms with Crippen molar-refractivity contribution >= 4 is 12.7 Å². The molecular weight excluding hydrogens is 253 g/mol. The number of hydrogen-bond acceptors (Lipinski definition) is 4. The Bertz CT molecular complexity index is 594. The van der Waals surface area contributed by atoms with Crippen molar-refractivity contribution in [3.63, 3.8) is 0 Å². The second kappa shape index (κ2) is 4.43. The molecule has 0 saturated carbocycles. The zero-order valence-corrected chi connectivity index (χ0v) is 12.2. The van der Waals surface area contributed by atoms with E-state index in [1.807, 2.05) is 58.2 Å². The van der Waals surface area contributed by atoms with Gasteiger partial charge in [-0.25, -0.2) is 9.67 Å². The third-order valence-electron chi connectivity index (χ3n) is 3.99. The lowest BCUT2D eigenvalue weighted by Crippen LogP contribution is -2.41. The van der Waals surface area contributed by atoms with E-state index in [0.717, 1.165) is 11.4 Å². The van der Waals surface area contributed by atoms with Crippen molar-refractivity contribution < 1.29 is 9.31 Å². The zero-order chi connectivity index (χ0) is 14.4. The van der Waals surface area contributed by atoms with Crippen LogP contribution in [0.1, 0.15) is 27.7 Å². The van der Waals surface area contributed by atoms with Crippen LogP contribution in [0, 0.1) is 0 Å². The Morgan fingerprint density at radius 1 is 1.05 bits per heavy atom. The maximum absolute atomic E-state index is 5.98. The summed E-state index contributed by atoms with van der Waals surface area (Å²) in [5.41, 5.74) is 0.0492. The van der Waals surface area contributed by atoms with Gasteiger partial charge in [-0.05, 0) is 45.9 Å². The summed E-state index contributed by atoms with van der Waals surface area (Å²) in [5.74, 6) is 0.773. The minimum atomic E-state index is -0.440. The van der Waals surface area contributed by atoms with Crippen molar-refractivity contribution in [1.82, 2.24) is 14.8 Å². The number of nitrogens with zero attached hydrogens (tertiary/aromatic N) is 3. The van der Waals surface area contributed by atoms with E-state index in [-0.39, 0.29) is 11.2 Å². The summed E-state index contributed by atoms with van der Waals surface area (Å²) in [6.07, 6.45) is 3.61. The van der Waals surface area contributed by atoms with E-state index >= 15 is 0 Å². The van der Waals surface area contributed by atoms with E-state index < -0.39 is 7.12 Å². The van der Waals surface area contributed by atoms with Crippen LogP contribution in [0.4, 0.5) is 0 Å². The molecule has 20 heavy (non-hydrogen) atoms. The van der Waals surface area contributed by atoms with Crippen molar-refractivity contribution in [3.05, 3.63) is 36.7 Å². The molecule has 0 amide bonds. The number of rotatable bonds is 2. The fraction of sp³-hybridized carbons (Fsp3) is 0.429. The van der Waals surface area contributed by atoms with Gasteiger partial charge in [-0.15, -0.1) is 0 Å². The minimum absolute atomic E-state index is 0.355. The highest BCUT2D eigenvalue weighted by atomic mass is 16.7. The molecule has 0 unspecified atom stereocenters. The van der Waals surface area contributed by atoms with Crippen molar-refractivity contribution in [2.75, 3.05) is 0 Å². The summed E-state index contributed by atoms with van der Waals surface area (Å²) in [7, 11) is -0.440.